The fourth-order valence-electron chi connectivity index (χ4n) is 1.49. The molecule has 110 valence electrons. The Bertz CT molecular complexity index is 484. The summed E-state index contributed by atoms with van der Waals surface area (Å²) in [6.07, 6.45) is 0. The van der Waals surface area contributed by atoms with Gasteiger partial charge in [0.15, 0.2) is 0 Å². The Morgan fingerprint density at radius 2 is 1.50 bits per heavy atom. The average molecular weight is 277 g/mol. The lowest BCUT2D eigenvalue weighted by Crippen LogP contribution is -2.39. The second-order valence-corrected chi connectivity index (χ2v) is 5.48. The maximum Gasteiger partial charge on any atom is 0.241 e. The molecule has 0 aliphatic carbocycles. The van der Waals surface area contributed by atoms with Gasteiger partial charge in [-0.05, 0) is 24.1 Å². The number of hydrogen-bond acceptors (Lipinski definition) is 3. The van der Waals surface area contributed by atoms with E-state index in [0.29, 0.717) is 11.4 Å². The van der Waals surface area contributed by atoms with Crippen LogP contribution in [0.15, 0.2) is 24.3 Å². The van der Waals surface area contributed by atoms with Crippen LogP contribution in [0.5, 0.6) is 0 Å². The summed E-state index contributed by atoms with van der Waals surface area (Å²) in [4.78, 5) is 23.5. The van der Waals surface area contributed by atoms with E-state index >= 15 is 0 Å². The lowest BCUT2D eigenvalue weighted by Gasteiger charge is -2.16. The first-order valence-corrected chi connectivity index (χ1v) is 6.78. The predicted octanol–water partition coefficient (Wildman–Crippen LogP) is 2.20. The molecule has 0 saturated heterocycles. The minimum Gasteiger partial charge on any atom is -0.326 e. The Kier molecular flexibility index (Phi) is 5.70. The van der Waals surface area contributed by atoms with Gasteiger partial charge in [0.2, 0.25) is 11.8 Å². The number of carbonyl (C=O) groups is 2. The summed E-state index contributed by atoms with van der Waals surface area (Å²) >= 11 is 0. The minimum atomic E-state index is -0.552. The van der Waals surface area contributed by atoms with Crippen LogP contribution in [0, 0.1) is 11.8 Å². The normalized spacial score (nSPS) is 12.3. The van der Waals surface area contributed by atoms with E-state index in [2.05, 4.69) is 10.6 Å². The molecule has 0 aliphatic heterocycles. The average Bonchev–Trinajstić information content (AvgIpc) is 2.37. The molecule has 1 aromatic rings. The third kappa shape index (κ3) is 4.66. The van der Waals surface area contributed by atoms with Crippen LogP contribution in [-0.4, -0.2) is 17.9 Å². The topological polar surface area (TPSA) is 84.2 Å². The monoisotopic (exact) mass is 277 g/mol. The van der Waals surface area contributed by atoms with Crippen molar-refractivity contribution in [3.8, 4) is 0 Å². The molecule has 2 amide bonds. The van der Waals surface area contributed by atoms with Crippen molar-refractivity contribution >= 4 is 23.2 Å². The highest BCUT2D eigenvalue weighted by molar-refractivity contribution is 5.96. The Balaban J connectivity index is 2.73. The third-order valence-electron chi connectivity index (χ3n) is 2.94. The zero-order valence-electron chi connectivity index (χ0n) is 12.4. The Labute approximate surface area is 119 Å². The molecule has 5 heteroatoms. The van der Waals surface area contributed by atoms with Crippen LogP contribution in [0.1, 0.15) is 27.7 Å². The second kappa shape index (κ2) is 7.05. The van der Waals surface area contributed by atoms with Crippen LogP contribution in [-0.2, 0) is 9.59 Å². The molecule has 0 unspecified atom stereocenters. The lowest BCUT2D eigenvalue weighted by molar-refractivity contribution is -0.119. The van der Waals surface area contributed by atoms with E-state index in [1.54, 1.807) is 24.3 Å². The molecule has 1 rings (SSSR count). The number of nitrogens with two attached hydrogens (primary N) is 1. The minimum absolute atomic E-state index is 0.0626. The van der Waals surface area contributed by atoms with Crippen LogP contribution >= 0.6 is 0 Å². The van der Waals surface area contributed by atoms with Crippen molar-refractivity contribution < 1.29 is 9.59 Å². The summed E-state index contributed by atoms with van der Waals surface area (Å²) in [6.45, 7) is 7.43. The second-order valence-electron chi connectivity index (χ2n) is 5.48. The first-order chi connectivity index (χ1) is 9.31. The Morgan fingerprint density at radius 1 is 1.00 bits per heavy atom. The van der Waals surface area contributed by atoms with E-state index in [4.69, 9.17) is 5.73 Å². The molecule has 0 aromatic heterocycles. The van der Waals surface area contributed by atoms with E-state index in [9.17, 15) is 9.59 Å². The van der Waals surface area contributed by atoms with Gasteiger partial charge in [0.1, 0.15) is 0 Å². The van der Waals surface area contributed by atoms with Crippen LogP contribution in [0.3, 0.4) is 0 Å². The van der Waals surface area contributed by atoms with E-state index < -0.39 is 6.04 Å². The van der Waals surface area contributed by atoms with Crippen LogP contribution in [0.25, 0.3) is 0 Å². The molecule has 0 bridgehead atoms. The molecule has 5 nitrogen and oxygen atoms in total. The number of amides is 2. The number of rotatable bonds is 5. The fourth-order valence-corrected chi connectivity index (χ4v) is 1.49. The molecule has 0 saturated carbocycles. The van der Waals surface area contributed by atoms with Crippen LogP contribution < -0.4 is 16.4 Å². The van der Waals surface area contributed by atoms with E-state index in [1.165, 1.54) is 0 Å². The molecule has 1 aromatic carbocycles. The molecule has 0 heterocycles. The van der Waals surface area contributed by atoms with Gasteiger partial charge in [-0.25, -0.2) is 0 Å². The maximum absolute atomic E-state index is 11.9. The largest absolute Gasteiger partial charge is 0.326 e. The highest BCUT2D eigenvalue weighted by Gasteiger charge is 2.17. The van der Waals surface area contributed by atoms with Gasteiger partial charge in [0.05, 0.1) is 6.04 Å². The van der Waals surface area contributed by atoms with Crippen molar-refractivity contribution in [3.05, 3.63) is 24.3 Å². The fraction of sp³-hybridized carbons (Fsp3) is 0.467. The number of anilines is 2. The van der Waals surface area contributed by atoms with Gasteiger partial charge in [-0.1, -0.05) is 33.8 Å². The molecule has 20 heavy (non-hydrogen) atoms. The SMILES string of the molecule is CC(C)C(=O)Nc1cccc(NC(=O)[C@H](N)C(C)C)c1. The molecular formula is C15H23N3O2. The molecule has 1 atom stereocenters. The molecule has 0 radical (unpaired) electrons. The van der Waals surface area contributed by atoms with Crippen molar-refractivity contribution in [1.82, 2.24) is 0 Å². The third-order valence-corrected chi connectivity index (χ3v) is 2.94. The zero-order valence-corrected chi connectivity index (χ0v) is 12.4. The van der Waals surface area contributed by atoms with Gasteiger partial charge in [-0.2, -0.15) is 0 Å². The number of nitrogens with one attached hydrogen (secondary N) is 2. The van der Waals surface area contributed by atoms with E-state index in [1.807, 2.05) is 27.7 Å². The van der Waals surface area contributed by atoms with Gasteiger partial charge in [-0.3, -0.25) is 9.59 Å². The van der Waals surface area contributed by atoms with Crippen molar-refractivity contribution in [2.75, 3.05) is 10.6 Å². The van der Waals surface area contributed by atoms with Gasteiger partial charge < -0.3 is 16.4 Å². The van der Waals surface area contributed by atoms with E-state index in [0.717, 1.165) is 0 Å². The number of benzene rings is 1. The molecule has 0 aliphatic rings. The van der Waals surface area contributed by atoms with Crippen molar-refractivity contribution in [2.24, 2.45) is 17.6 Å². The summed E-state index contributed by atoms with van der Waals surface area (Å²) in [7, 11) is 0. The predicted molar refractivity (Wildman–Crippen MR) is 81.4 cm³/mol. The first-order valence-electron chi connectivity index (χ1n) is 6.78. The summed E-state index contributed by atoms with van der Waals surface area (Å²) < 4.78 is 0. The van der Waals surface area contributed by atoms with Gasteiger partial charge >= 0.3 is 0 Å². The maximum atomic E-state index is 11.9. The van der Waals surface area contributed by atoms with Gasteiger partial charge in [0, 0.05) is 17.3 Å². The highest BCUT2D eigenvalue weighted by atomic mass is 16.2. The summed E-state index contributed by atoms with van der Waals surface area (Å²) in [6, 6.07) is 6.47. The zero-order chi connectivity index (χ0) is 15.3. The highest BCUT2D eigenvalue weighted by Crippen LogP contribution is 2.16. The Morgan fingerprint density at radius 3 is 1.95 bits per heavy atom. The van der Waals surface area contributed by atoms with Crippen LogP contribution in [0.4, 0.5) is 11.4 Å². The molecule has 0 spiro atoms. The standard InChI is InChI=1S/C15H23N3O2/c1-9(2)13(16)15(20)18-12-7-5-6-11(8-12)17-14(19)10(3)4/h5-10,13H,16H2,1-4H3,(H,17,19)(H,18,20)/t13-/m1/s1. The molecule has 0 fully saturated rings. The summed E-state index contributed by atoms with van der Waals surface area (Å²) in [5.41, 5.74) is 7.06. The quantitative estimate of drug-likeness (QED) is 0.771. The smallest absolute Gasteiger partial charge is 0.241 e. The van der Waals surface area contributed by atoms with Gasteiger partial charge in [-0.15, -0.1) is 0 Å². The van der Waals surface area contributed by atoms with Crippen LogP contribution in [0.2, 0.25) is 0 Å². The molecular weight excluding hydrogens is 254 g/mol. The summed E-state index contributed by atoms with van der Waals surface area (Å²) in [5.74, 6) is -0.318. The van der Waals surface area contributed by atoms with Crippen molar-refractivity contribution in [3.63, 3.8) is 0 Å². The van der Waals surface area contributed by atoms with E-state index in [-0.39, 0.29) is 23.7 Å². The van der Waals surface area contributed by atoms with Crippen molar-refractivity contribution in [2.45, 2.75) is 33.7 Å². The Hall–Kier alpha value is -1.88. The summed E-state index contributed by atoms with van der Waals surface area (Å²) in [5, 5.41) is 5.54. The number of hydrogen-bond donors (Lipinski definition) is 3. The van der Waals surface area contributed by atoms with Crippen molar-refractivity contribution in [1.29, 1.82) is 0 Å². The molecule has 4 N–H and O–H groups in total. The van der Waals surface area contributed by atoms with Gasteiger partial charge in [0.25, 0.3) is 0 Å². The first kappa shape index (κ1) is 16.2. The lowest BCUT2D eigenvalue weighted by atomic mass is 10.0. The number of carbonyl (C=O) groups excluding carboxylic acids is 2.